The first-order valence-corrected chi connectivity index (χ1v) is 9.24. The number of likely N-dealkylation sites (N-methyl/N-ethyl adjacent to an activating group) is 1. The van der Waals surface area contributed by atoms with E-state index in [1.807, 2.05) is 25.6 Å². The van der Waals surface area contributed by atoms with Crippen LogP contribution in [-0.2, 0) is 34.3 Å². The third-order valence-electron chi connectivity index (χ3n) is 4.02. The number of rotatable bonds is 8. The van der Waals surface area contributed by atoms with E-state index in [4.69, 9.17) is 14.6 Å². The Balaban J connectivity index is 0.00000101. The number of ether oxygens (including phenoxy) is 1. The zero-order valence-electron chi connectivity index (χ0n) is 17.2. The summed E-state index contributed by atoms with van der Waals surface area (Å²) in [5, 5.41) is 11.1. The fourth-order valence-electron chi connectivity index (χ4n) is 2.71. The summed E-state index contributed by atoms with van der Waals surface area (Å²) in [6.07, 6.45) is 11.9. The number of imidazole rings is 1. The first kappa shape index (κ1) is 22.5. The summed E-state index contributed by atoms with van der Waals surface area (Å²) in [6, 6.07) is 0. The molecule has 0 atom stereocenters. The highest BCUT2D eigenvalue weighted by Crippen LogP contribution is 2.18. The second-order valence-corrected chi connectivity index (χ2v) is 6.25. The lowest BCUT2D eigenvalue weighted by Crippen LogP contribution is -2.28. The quantitative estimate of drug-likeness (QED) is 0.423. The van der Waals surface area contributed by atoms with E-state index in [0.717, 1.165) is 24.4 Å². The zero-order valence-corrected chi connectivity index (χ0v) is 17.2. The summed E-state index contributed by atoms with van der Waals surface area (Å²) in [5.74, 6) is 0.956. The lowest BCUT2D eigenvalue weighted by Gasteiger charge is -2.15. The van der Waals surface area contributed by atoms with Crippen molar-refractivity contribution in [2.45, 2.75) is 19.9 Å². The molecule has 0 unspecified atom stereocenters. The van der Waals surface area contributed by atoms with E-state index in [2.05, 4.69) is 24.6 Å². The molecule has 11 heteroatoms. The number of carbonyl (C=O) groups excluding carboxylic acids is 1. The van der Waals surface area contributed by atoms with Crippen LogP contribution in [0.4, 0.5) is 5.95 Å². The van der Waals surface area contributed by atoms with Gasteiger partial charge in [-0.25, -0.2) is 15.0 Å². The van der Waals surface area contributed by atoms with Crippen LogP contribution in [0.3, 0.4) is 0 Å². The third kappa shape index (κ3) is 6.40. The standard InChI is InChI=1S/C18H23N7O2.CH2O2/c1-4-27-16(26)13-23(2)18-20-10-15(11-21-18)17-19-6-8-25(17)7-5-14-9-22-24(3)12-14;2-1-3/h6,8-12H,4-5,7,13H2,1-3H3;1H,(H,2,3). The Morgan fingerprint density at radius 2 is 1.97 bits per heavy atom. The van der Waals surface area contributed by atoms with Crippen LogP contribution < -0.4 is 4.90 Å². The Bertz CT molecular complexity index is 937. The molecule has 3 heterocycles. The van der Waals surface area contributed by atoms with Crippen molar-refractivity contribution in [3.8, 4) is 11.4 Å². The van der Waals surface area contributed by atoms with Crippen molar-refractivity contribution in [1.29, 1.82) is 0 Å². The summed E-state index contributed by atoms with van der Waals surface area (Å²) >= 11 is 0. The van der Waals surface area contributed by atoms with Crippen molar-refractivity contribution in [3.05, 3.63) is 42.7 Å². The topological polar surface area (TPSA) is 128 Å². The molecule has 3 aromatic rings. The fraction of sp³-hybridized carbons (Fsp3) is 0.368. The second-order valence-electron chi connectivity index (χ2n) is 6.25. The number of carbonyl (C=O) groups is 2. The van der Waals surface area contributed by atoms with E-state index in [0.29, 0.717) is 12.6 Å². The number of hydrogen-bond acceptors (Lipinski definition) is 8. The maximum Gasteiger partial charge on any atom is 0.325 e. The van der Waals surface area contributed by atoms with Gasteiger partial charge < -0.3 is 19.3 Å². The van der Waals surface area contributed by atoms with Gasteiger partial charge in [0.25, 0.3) is 6.47 Å². The molecule has 0 aromatic carbocycles. The molecule has 160 valence electrons. The highest BCUT2D eigenvalue weighted by atomic mass is 16.5. The van der Waals surface area contributed by atoms with Gasteiger partial charge in [-0.15, -0.1) is 0 Å². The van der Waals surface area contributed by atoms with Gasteiger partial charge in [-0.2, -0.15) is 5.10 Å². The van der Waals surface area contributed by atoms with Crippen molar-refractivity contribution in [3.63, 3.8) is 0 Å². The van der Waals surface area contributed by atoms with Crippen LogP contribution in [0.1, 0.15) is 12.5 Å². The summed E-state index contributed by atoms with van der Waals surface area (Å²) in [5.41, 5.74) is 1.99. The SMILES string of the molecule is CCOC(=O)CN(C)c1ncc(-c2nccn2CCc2cnn(C)c2)cn1.O=CO. The third-order valence-corrected chi connectivity index (χ3v) is 4.02. The van der Waals surface area contributed by atoms with Gasteiger partial charge in [-0.05, 0) is 18.9 Å². The van der Waals surface area contributed by atoms with Gasteiger partial charge >= 0.3 is 5.97 Å². The Morgan fingerprint density at radius 3 is 2.57 bits per heavy atom. The van der Waals surface area contributed by atoms with Crippen molar-refractivity contribution >= 4 is 18.4 Å². The predicted octanol–water partition coefficient (Wildman–Crippen LogP) is 1.02. The summed E-state index contributed by atoms with van der Waals surface area (Å²) in [6.45, 7) is 2.77. The van der Waals surface area contributed by atoms with Crippen LogP contribution in [0.15, 0.2) is 37.2 Å². The molecule has 0 aliphatic rings. The molecule has 1 N–H and O–H groups in total. The number of nitrogens with zero attached hydrogens (tertiary/aromatic N) is 7. The van der Waals surface area contributed by atoms with Crippen LogP contribution in [0.25, 0.3) is 11.4 Å². The molecule has 30 heavy (non-hydrogen) atoms. The van der Waals surface area contributed by atoms with Crippen molar-refractivity contribution in [2.24, 2.45) is 7.05 Å². The van der Waals surface area contributed by atoms with Crippen LogP contribution in [0, 0.1) is 0 Å². The molecule has 0 aliphatic carbocycles. The first-order valence-electron chi connectivity index (χ1n) is 9.24. The van der Waals surface area contributed by atoms with Crippen LogP contribution in [0.2, 0.25) is 0 Å². The number of hydrogen-bond donors (Lipinski definition) is 1. The van der Waals surface area contributed by atoms with E-state index in [-0.39, 0.29) is 19.0 Å². The average molecular weight is 415 g/mol. The molecule has 0 bridgehead atoms. The van der Waals surface area contributed by atoms with E-state index < -0.39 is 0 Å². The van der Waals surface area contributed by atoms with Gasteiger partial charge in [0, 0.05) is 51.6 Å². The maximum absolute atomic E-state index is 11.6. The largest absolute Gasteiger partial charge is 0.483 e. The van der Waals surface area contributed by atoms with Crippen molar-refractivity contribution in [2.75, 3.05) is 25.1 Å². The van der Waals surface area contributed by atoms with Gasteiger partial charge in [-0.3, -0.25) is 14.3 Å². The Morgan fingerprint density at radius 1 is 1.27 bits per heavy atom. The Kier molecular flexibility index (Phi) is 8.48. The van der Waals surface area contributed by atoms with Crippen molar-refractivity contribution < 1.29 is 19.4 Å². The minimum atomic E-state index is -0.307. The van der Waals surface area contributed by atoms with E-state index in [1.165, 1.54) is 5.56 Å². The molecular weight excluding hydrogens is 390 g/mol. The lowest BCUT2D eigenvalue weighted by molar-refractivity contribution is -0.141. The first-order chi connectivity index (χ1) is 14.5. The molecule has 11 nitrogen and oxygen atoms in total. The summed E-state index contributed by atoms with van der Waals surface area (Å²) < 4.78 is 8.80. The van der Waals surface area contributed by atoms with Crippen LogP contribution in [-0.4, -0.2) is 67.0 Å². The van der Waals surface area contributed by atoms with Gasteiger partial charge in [-0.1, -0.05) is 0 Å². The second kappa shape index (κ2) is 11.3. The average Bonchev–Trinajstić information content (AvgIpc) is 3.36. The monoisotopic (exact) mass is 415 g/mol. The van der Waals surface area contributed by atoms with E-state index in [9.17, 15) is 4.79 Å². The van der Waals surface area contributed by atoms with Gasteiger partial charge in [0.05, 0.1) is 18.4 Å². The van der Waals surface area contributed by atoms with E-state index in [1.54, 1.807) is 42.1 Å². The smallest absolute Gasteiger partial charge is 0.325 e. The van der Waals surface area contributed by atoms with Crippen LogP contribution >= 0.6 is 0 Å². The minimum Gasteiger partial charge on any atom is -0.483 e. The highest BCUT2D eigenvalue weighted by molar-refractivity contribution is 5.74. The Labute approximate surface area is 174 Å². The molecule has 0 spiro atoms. The predicted molar refractivity (Wildman–Crippen MR) is 109 cm³/mol. The summed E-state index contributed by atoms with van der Waals surface area (Å²) in [7, 11) is 3.66. The number of esters is 1. The fourth-order valence-corrected chi connectivity index (χ4v) is 2.71. The molecule has 3 aromatic heterocycles. The maximum atomic E-state index is 11.6. The van der Waals surface area contributed by atoms with E-state index >= 15 is 0 Å². The molecule has 0 amide bonds. The summed E-state index contributed by atoms with van der Waals surface area (Å²) in [4.78, 5) is 34.7. The molecule has 0 aliphatic heterocycles. The number of carboxylic acid groups (broad SMARTS) is 1. The normalized spacial score (nSPS) is 10.1. The molecular formula is C19H25N7O4. The molecule has 0 saturated heterocycles. The lowest BCUT2D eigenvalue weighted by atomic mass is 10.2. The van der Waals surface area contributed by atoms with Gasteiger partial charge in [0.15, 0.2) is 0 Å². The van der Waals surface area contributed by atoms with Crippen molar-refractivity contribution in [1.82, 2.24) is 29.3 Å². The molecule has 0 saturated carbocycles. The Hall–Kier alpha value is -3.76. The van der Waals surface area contributed by atoms with Gasteiger partial charge in [0.1, 0.15) is 12.4 Å². The highest BCUT2D eigenvalue weighted by Gasteiger charge is 2.12. The molecule has 0 fully saturated rings. The number of anilines is 1. The zero-order chi connectivity index (χ0) is 21.9. The molecule has 3 rings (SSSR count). The van der Waals surface area contributed by atoms with Crippen LogP contribution in [0.5, 0.6) is 0 Å². The minimum absolute atomic E-state index is 0.104. The molecule has 0 radical (unpaired) electrons. The number of aromatic nitrogens is 6. The number of aryl methyl sites for hydroxylation is 3. The van der Waals surface area contributed by atoms with Gasteiger partial charge in [0.2, 0.25) is 5.95 Å².